The van der Waals surface area contributed by atoms with Gasteiger partial charge in [-0.05, 0) is 30.8 Å². The van der Waals surface area contributed by atoms with Gasteiger partial charge in [0, 0.05) is 11.2 Å². The fourth-order valence-electron chi connectivity index (χ4n) is 1.75. The molecule has 0 fully saturated rings. The molecule has 0 radical (unpaired) electrons. The Bertz CT molecular complexity index is 540. The van der Waals surface area contributed by atoms with E-state index in [2.05, 4.69) is 10.3 Å². The average Bonchev–Trinajstić information content (AvgIpc) is 2.35. The summed E-state index contributed by atoms with van der Waals surface area (Å²) < 4.78 is 0. The highest BCUT2D eigenvalue weighted by atomic mass is 35.5. The first-order valence-corrected chi connectivity index (χ1v) is 6.49. The van der Waals surface area contributed by atoms with Gasteiger partial charge in [0.25, 0.3) is 0 Å². The van der Waals surface area contributed by atoms with Crippen molar-refractivity contribution in [1.82, 2.24) is 10.3 Å². The highest BCUT2D eigenvalue weighted by Gasteiger charge is 2.16. The normalized spacial score (nSPS) is 12.4. The third-order valence-electron chi connectivity index (χ3n) is 2.60. The first-order chi connectivity index (χ1) is 8.61. The van der Waals surface area contributed by atoms with E-state index in [1.165, 1.54) is 0 Å². The first-order valence-electron chi connectivity index (χ1n) is 5.35. The van der Waals surface area contributed by atoms with Crippen molar-refractivity contribution in [2.75, 3.05) is 7.05 Å². The van der Waals surface area contributed by atoms with Gasteiger partial charge in [0.2, 0.25) is 0 Å². The standard InChI is InChI=1S/C13H11Cl3N2/c1-17-12(8-2-4-9(14)5-3-8)13-11(16)6-10(15)7-18-13/h2-7,12,17H,1H3. The van der Waals surface area contributed by atoms with E-state index in [-0.39, 0.29) is 6.04 Å². The predicted octanol–water partition coefficient (Wildman–Crippen LogP) is 4.35. The molecule has 18 heavy (non-hydrogen) atoms. The number of rotatable bonds is 3. The van der Waals surface area contributed by atoms with E-state index in [4.69, 9.17) is 34.8 Å². The van der Waals surface area contributed by atoms with Gasteiger partial charge in [-0.3, -0.25) is 4.98 Å². The van der Waals surface area contributed by atoms with Crippen LogP contribution in [0.25, 0.3) is 0 Å². The van der Waals surface area contributed by atoms with Gasteiger partial charge in [-0.15, -0.1) is 0 Å². The van der Waals surface area contributed by atoms with Crippen LogP contribution >= 0.6 is 34.8 Å². The van der Waals surface area contributed by atoms with Crippen LogP contribution in [0.1, 0.15) is 17.3 Å². The molecule has 1 heterocycles. The number of nitrogens with one attached hydrogen (secondary N) is 1. The number of pyridine rings is 1. The number of aromatic nitrogens is 1. The van der Waals surface area contributed by atoms with Crippen LogP contribution in [0.15, 0.2) is 36.5 Å². The van der Waals surface area contributed by atoms with Crippen molar-refractivity contribution in [3.8, 4) is 0 Å². The lowest BCUT2D eigenvalue weighted by molar-refractivity contribution is 0.671. The van der Waals surface area contributed by atoms with E-state index in [0.29, 0.717) is 15.1 Å². The predicted molar refractivity (Wildman–Crippen MR) is 76.6 cm³/mol. The van der Waals surface area contributed by atoms with Crippen LogP contribution in [0, 0.1) is 0 Å². The Morgan fingerprint density at radius 2 is 1.72 bits per heavy atom. The SMILES string of the molecule is CNC(c1ccc(Cl)cc1)c1ncc(Cl)cc1Cl. The second-order valence-corrected chi connectivity index (χ2v) is 5.07. The maximum atomic E-state index is 6.17. The lowest BCUT2D eigenvalue weighted by Crippen LogP contribution is -2.19. The molecule has 0 spiro atoms. The Balaban J connectivity index is 2.41. The van der Waals surface area contributed by atoms with E-state index in [1.54, 1.807) is 12.3 Å². The minimum atomic E-state index is -0.0907. The summed E-state index contributed by atoms with van der Waals surface area (Å²) in [6.45, 7) is 0. The van der Waals surface area contributed by atoms with Crippen LogP contribution in [0.3, 0.4) is 0 Å². The first kappa shape index (κ1) is 13.6. The summed E-state index contributed by atoms with van der Waals surface area (Å²) in [5.41, 5.74) is 1.78. The molecule has 2 nitrogen and oxygen atoms in total. The molecular weight excluding hydrogens is 291 g/mol. The highest BCUT2D eigenvalue weighted by molar-refractivity contribution is 6.34. The lowest BCUT2D eigenvalue weighted by atomic mass is 10.0. The topological polar surface area (TPSA) is 24.9 Å². The lowest BCUT2D eigenvalue weighted by Gasteiger charge is -2.17. The zero-order chi connectivity index (χ0) is 13.1. The van der Waals surface area contributed by atoms with Crippen LogP contribution in [0.4, 0.5) is 0 Å². The summed E-state index contributed by atoms with van der Waals surface area (Å²) in [4.78, 5) is 4.29. The van der Waals surface area contributed by atoms with Gasteiger partial charge in [-0.25, -0.2) is 0 Å². The van der Waals surface area contributed by atoms with Crippen molar-refractivity contribution >= 4 is 34.8 Å². The third-order valence-corrected chi connectivity index (χ3v) is 3.36. The van der Waals surface area contributed by atoms with Gasteiger partial charge in [-0.1, -0.05) is 46.9 Å². The summed E-state index contributed by atoms with van der Waals surface area (Å²) >= 11 is 17.9. The maximum absolute atomic E-state index is 6.17. The minimum Gasteiger partial charge on any atom is -0.308 e. The van der Waals surface area contributed by atoms with Crippen LogP contribution in [-0.4, -0.2) is 12.0 Å². The number of nitrogens with zero attached hydrogens (tertiary/aromatic N) is 1. The minimum absolute atomic E-state index is 0.0907. The average molecular weight is 302 g/mol. The molecular formula is C13H11Cl3N2. The van der Waals surface area contributed by atoms with Crippen molar-refractivity contribution in [2.45, 2.75) is 6.04 Å². The number of hydrogen-bond donors (Lipinski definition) is 1. The molecule has 1 N–H and O–H groups in total. The van der Waals surface area contributed by atoms with Crippen molar-refractivity contribution < 1.29 is 0 Å². The zero-order valence-corrected chi connectivity index (χ0v) is 11.9. The van der Waals surface area contributed by atoms with Gasteiger partial charge >= 0.3 is 0 Å². The Hall–Kier alpha value is -0.800. The summed E-state index contributed by atoms with van der Waals surface area (Å²) in [7, 11) is 1.85. The smallest absolute Gasteiger partial charge is 0.0805 e. The monoisotopic (exact) mass is 300 g/mol. The van der Waals surface area contributed by atoms with Gasteiger partial charge in [-0.2, -0.15) is 0 Å². The highest BCUT2D eigenvalue weighted by Crippen LogP contribution is 2.28. The summed E-state index contributed by atoms with van der Waals surface area (Å²) in [5, 5.41) is 4.94. The molecule has 1 aromatic carbocycles. The van der Waals surface area contributed by atoms with Crippen molar-refractivity contribution in [3.63, 3.8) is 0 Å². The molecule has 0 aliphatic carbocycles. The van der Waals surface area contributed by atoms with Crippen LogP contribution in [-0.2, 0) is 0 Å². The molecule has 1 unspecified atom stereocenters. The fourth-order valence-corrected chi connectivity index (χ4v) is 2.37. The maximum Gasteiger partial charge on any atom is 0.0805 e. The van der Waals surface area contributed by atoms with E-state index in [9.17, 15) is 0 Å². The molecule has 1 atom stereocenters. The number of halogens is 3. The Morgan fingerprint density at radius 1 is 1.06 bits per heavy atom. The third kappa shape index (κ3) is 2.96. The number of hydrogen-bond acceptors (Lipinski definition) is 2. The van der Waals surface area contributed by atoms with Crippen LogP contribution in [0.2, 0.25) is 15.1 Å². The molecule has 0 amide bonds. The molecule has 94 valence electrons. The molecule has 0 saturated carbocycles. The van der Waals surface area contributed by atoms with Gasteiger partial charge in [0.15, 0.2) is 0 Å². The van der Waals surface area contributed by atoms with E-state index in [0.717, 1.165) is 11.3 Å². The van der Waals surface area contributed by atoms with Gasteiger partial charge in [0.1, 0.15) is 0 Å². The summed E-state index contributed by atoms with van der Waals surface area (Å²) in [5.74, 6) is 0. The molecule has 5 heteroatoms. The quantitative estimate of drug-likeness (QED) is 0.911. The Morgan fingerprint density at radius 3 is 2.28 bits per heavy atom. The van der Waals surface area contributed by atoms with Gasteiger partial charge in [0.05, 0.1) is 21.8 Å². The van der Waals surface area contributed by atoms with E-state index < -0.39 is 0 Å². The largest absolute Gasteiger partial charge is 0.308 e. The van der Waals surface area contributed by atoms with Crippen molar-refractivity contribution in [2.24, 2.45) is 0 Å². The Kier molecular flexibility index (Phi) is 4.46. The molecule has 1 aromatic heterocycles. The van der Waals surface area contributed by atoms with E-state index in [1.807, 2.05) is 31.3 Å². The second-order valence-electron chi connectivity index (χ2n) is 3.79. The molecule has 0 saturated heterocycles. The molecule has 2 aromatic rings. The molecule has 0 aliphatic heterocycles. The van der Waals surface area contributed by atoms with Crippen molar-refractivity contribution in [3.05, 3.63) is 62.9 Å². The second kappa shape index (κ2) is 5.89. The van der Waals surface area contributed by atoms with Crippen LogP contribution < -0.4 is 5.32 Å². The zero-order valence-electron chi connectivity index (χ0n) is 9.62. The van der Waals surface area contributed by atoms with E-state index >= 15 is 0 Å². The van der Waals surface area contributed by atoms with Crippen molar-refractivity contribution in [1.29, 1.82) is 0 Å². The molecule has 2 rings (SSSR count). The molecule has 0 aliphatic rings. The fraction of sp³-hybridized carbons (Fsp3) is 0.154. The number of benzene rings is 1. The summed E-state index contributed by atoms with van der Waals surface area (Å²) in [6, 6.07) is 9.15. The van der Waals surface area contributed by atoms with Gasteiger partial charge < -0.3 is 5.32 Å². The Labute approximate surface area is 121 Å². The molecule has 0 bridgehead atoms. The van der Waals surface area contributed by atoms with Crippen LogP contribution in [0.5, 0.6) is 0 Å². The summed E-state index contributed by atoms with van der Waals surface area (Å²) in [6.07, 6.45) is 1.59.